The Balaban J connectivity index is 0.860. The monoisotopic (exact) mass is 933 g/mol. The lowest BCUT2D eigenvalue weighted by Gasteiger charge is -2.59. The normalized spacial score (nSPS) is 25.0. The van der Waals surface area contributed by atoms with Crippen LogP contribution in [0.4, 0.5) is 17.1 Å². The number of benzene rings is 3. The van der Waals surface area contributed by atoms with Crippen molar-refractivity contribution in [2.24, 2.45) is 28.6 Å². The summed E-state index contributed by atoms with van der Waals surface area (Å²) in [5.41, 5.74) is 5.50. The predicted octanol–water partition coefficient (Wildman–Crippen LogP) is 9.42. The van der Waals surface area contributed by atoms with Gasteiger partial charge in [0.1, 0.15) is 22.8 Å². The molecule has 0 spiro atoms. The Hall–Kier alpha value is -5.48. The molecule has 1 saturated heterocycles. The Morgan fingerprint density at radius 2 is 1.76 bits per heavy atom. The molecule has 3 aromatic carbocycles. The van der Waals surface area contributed by atoms with Crippen molar-refractivity contribution < 1.29 is 28.0 Å². The molecule has 14 nitrogen and oxygen atoms in total. The molecule has 66 heavy (non-hydrogen) atoms. The molecule has 2 aromatic heterocycles. The van der Waals surface area contributed by atoms with Gasteiger partial charge in [-0.3, -0.25) is 19.8 Å². The van der Waals surface area contributed by atoms with Gasteiger partial charge in [-0.1, -0.05) is 43.2 Å². The van der Waals surface area contributed by atoms with E-state index in [1.165, 1.54) is 35.0 Å². The van der Waals surface area contributed by atoms with Gasteiger partial charge < -0.3 is 25.0 Å². The zero-order valence-corrected chi connectivity index (χ0v) is 38.8. The third-order valence-corrected chi connectivity index (χ3v) is 16.6. The van der Waals surface area contributed by atoms with Gasteiger partial charge in [0.25, 0.3) is 21.6 Å². The van der Waals surface area contributed by atoms with Crippen LogP contribution in [0.2, 0.25) is 5.02 Å². The fourth-order valence-electron chi connectivity index (χ4n) is 11.9. The molecule has 4 saturated carbocycles. The third-order valence-electron chi connectivity index (χ3n) is 15.1. The zero-order valence-electron chi connectivity index (χ0n) is 37.3. The molecule has 11 rings (SSSR count). The number of nitrogens with zero attached hydrogens (tertiary/aromatic N) is 4. The van der Waals surface area contributed by atoms with Crippen LogP contribution in [0, 0.1) is 38.7 Å². The fourth-order valence-corrected chi connectivity index (χ4v) is 13.0. The van der Waals surface area contributed by atoms with E-state index < -0.39 is 31.4 Å². The number of piperazine rings is 1. The summed E-state index contributed by atoms with van der Waals surface area (Å²) in [6.07, 6.45) is 11.0. The highest BCUT2D eigenvalue weighted by molar-refractivity contribution is 7.90. The molecule has 2 atom stereocenters. The molecule has 5 aromatic rings. The van der Waals surface area contributed by atoms with Crippen molar-refractivity contribution in [3.05, 3.63) is 117 Å². The minimum absolute atomic E-state index is 0.0366. The van der Waals surface area contributed by atoms with Crippen LogP contribution < -0.4 is 19.7 Å². The fraction of sp³-hybridized carbons (Fsp3) is 0.440. The number of aliphatic hydroxyl groups is 1. The molecule has 346 valence electrons. The second-order valence-electron chi connectivity index (χ2n) is 20.2. The predicted molar refractivity (Wildman–Crippen MR) is 255 cm³/mol. The van der Waals surface area contributed by atoms with Crippen LogP contribution in [0.1, 0.15) is 81.1 Å². The van der Waals surface area contributed by atoms with Gasteiger partial charge in [-0.05, 0) is 140 Å². The number of ether oxygens (including phenoxy) is 1. The van der Waals surface area contributed by atoms with Crippen molar-refractivity contribution in [1.29, 1.82) is 0 Å². The molecule has 3 heterocycles. The number of amides is 1. The van der Waals surface area contributed by atoms with E-state index in [9.17, 15) is 28.4 Å². The van der Waals surface area contributed by atoms with Gasteiger partial charge in [-0.25, -0.2) is 18.1 Å². The number of carbonyl (C=O) groups is 1. The molecule has 2 unspecified atom stereocenters. The van der Waals surface area contributed by atoms with Gasteiger partial charge in [0.15, 0.2) is 0 Å². The summed E-state index contributed by atoms with van der Waals surface area (Å²) >= 11 is 6.25. The average Bonchev–Trinajstić information content (AvgIpc) is 3.76. The number of H-pyrrole nitrogens is 1. The molecule has 4 N–H and O–H groups in total. The summed E-state index contributed by atoms with van der Waals surface area (Å²) < 4.78 is 36.2. The lowest BCUT2D eigenvalue weighted by molar-refractivity contribution is -0.384. The first kappa shape index (κ1) is 44.4. The number of halogens is 1. The highest BCUT2D eigenvalue weighted by Gasteiger charge is 2.55. The van der Waals surface area contributed by atoms with E-state index in [2.05, 4.69) is 55.8 Å². The molecule has 0 radical (unpaired) electrons. The second-order valence-corrected chi connectivity index (χ2v) is 22.4. The quantitative estimate of drug-likeness (QED) is 0.0652. The minimum atomic E-state index is -4.59. The third kappa shape index (κ3) is 9.02. The maximum atomic E-state index is 14.1. The van der Waals surface area contributed by atoms with E-state index in [0.29, 0.717) is 23.9 Å². The van der Waals surface area contributed by atoms with E-state index >= 15 is 0 Å². The molecule has 1 aliphatic heterocycles. The number of fused-ring (bicyclic) bond motifs is 1. The Kier molecular flexibility index (Phi) is 11.6. The number of anilines is 2. The lowest BCUT2D eigenvalue weighted by atomic mass is 9.48. The summed E-state index contributed by atoms with van der Waals surface area (Å²) in [4.78, 5) is 37.6. The van der Waals surface area contributed by atoms with E-state index in [1.807, 2.05) is 18.2 Å². The summed E-state index contributed by atoms with van der Waals surface area (Å²) in [6.45, 7) is 9.13. The average molecular weight is 935 g/mol. The number of sulfonamides is 1. The first-order valence-electron chi connectivity index (χ1n) is 23.1. The smallest absolute Gasteiger partial charge is 0.293 e. The van der Waals surface area contributed by atoms with Crippen molar-refractivity contribution in [3.8, 4) is 11.5 Å². The largest absolute Gasteiger partial charge is 0.455 e. The highest BCUT2D eigenvalue weighted by atomic mass is 35.5. The molecule has 5 aliphatic carbocycles. The maximum Gasteiger partial charge on any atom is 0.293 e. The maximum absolute atomic E-state index is 14.1. The first-order valence-corrected chi connectivity index (χ1v) is 24.9. The number of carbonyl (C=O) groups excluding carboxylic acids is 1. The number of hydrogen-bond acceptors (Lipinski definition) is 11. The summed E-state index contributed by atoms with van der Waals surface area (Å²) in [6, 6.07) is 20.6. The minimum Gasteiger partial charge on any atom is -0.455 e. The van der Waals surface area contributed by atoms with Crippen LogP contribution in [0.15, 0.2) is 95.7 Å². The number of aliphatic hydroxyl groups excluding tert-OH is 1. The number of allylic oxidation sites excluding steroid dienone is 1. The summed E-state index contributed by atoms with van der Waals surface area (Å²) in [5, 5.41) is 27.9. The van der Waals surface area contributed by atoms with Crippen LogP contribution >= 0.6 is 11.6 Å². The van der Waals surface area contributed by atoms with Crippen LogP contribution in [0.3, 0.4) is 0 Å². The van der Waals surface area contributed by atoms with E-state index in [1.54, 1.807) is 30.5 Å². The SMILES string of the molecule is CC1(C)CCC(CN2CCN(c3ccc(C(=O)NS(=O)(=O)c4ccc(NCC56CC7CC(C5)C(O)C(C7)C6)c([N+](=O)[O-])c4)c(Oc4cnc5[nH]ccc5c4)c3)CC2)=C(c2ccc(Cl)cc2)C1. The van der Waals surface area contributed by atoms with Crippen molar-refractivity contribution >= 4 is 61.2 Å². The number of aromatic nitrogens is 2. The van der Waals surface area contributed by atoms with Gasteiger partial charge >= 0.3 is 0 Å². The standard InChI is InChI=1S/C50H56ClN7O7S/c1-49(2)13-11-34(42(27-49)32-3-5-37(51)6-4-32)29-56-15-17-57(18-16-56)38-7-9-41(45(22-38)65-39-21-33-12-14-52-47(33)53-28-39)48(60)55-66(63,64)40-8-10-43(44(23-40)58(61)62)54-30-50-24-31-19-35(25-50)46(59)36(20-31)26-50/h3-10,12,14,21-23,28,31,35-36,46,54,59H,11,13,15-20,24-27,29-30H2,1-2H3,(H,52,53)(H,55,60). The second kappa shape index (κ2) is 17.3. The number of nitro groups is 1. The van der Waals surface area contributed by atoms with Gasteiger partial charge in [0.05, 0.1) is 27.7 Å². The van der Waals surface area contributed by atoms with Crippen molar-refractivity contribution in [1.82, 2.24) is 19.6 Å². The summed E-state index contributed by atoms with van der Waals surface area (Å²) in [5.74, 6) is 0.579. The summed E-state index contributed by atoms with van der Waals surface area (Å²) in [7, 11) is -4.59. The van der Waals surface area contributed by atoms with Gasteiger partial charge in [-0.15, -0.1) is 0 Å². The number of nitro benzene ring substituents is 1. The molecule has 5 fully saturated rings. The Labute approximate surface area is 390 Å². The van der Waals surface area contributed by atoms with Crippen LogP contribution in [-0.4, -0.2) is 84.6 Å². The Bertz CT molecular complexity index is 2820. The van der Waals surface area contributed by atoms with Crippen LogP contribution in [0.25, 0.3) is 16.6 Å². The molecular formula is C50H56ClN7O7S. The molecule has 16 heteroatoms. The first-order chi connectivity index (χ1) is 31.6. The van der Waals surface area contributed by atoms with E-state index in [4.69, 9.17) is 16.3 Å². The van der Waals surface area contributed by atoms with Crippen molar-refractivity contribution in [2.75, 3.05) is 49.5 Å². The Morgan fingerprint density at radius 1 is 1.00 bits per heavy atom. The molecule has 1 amide bonds. The topological polar surface area (TPSA) is 183 Å². The highest BCUT2D eigenvalue weighted by Crippen LogP contribution is 2.60. The molecular weight excluding hydrogens is 878 g/mol. The van der Waals surface area contributed by atoms with Gasteiger partial charge in [0, 0.05) is 73.7 Å². The Morgan fingerprint density at radius 3 is 2.50 bits per heavy atom. The molecule has 6 aliphatic rings. The number of nitrogens with one attached hydrogen (secondary N) is 3. The number of pyridine rings is 1. The molecule has 4 bridgehead atoms. The number of rotatable bonds is 13. The lowest BCUT2D eigenvalue weighted by Crippen LogP contribution is -2.55. The van der Waals surface area contributed by atoms with Crippen molar-refractivity contribution in [2.45, 2.75) is 76.2 Å². The van der Waals surface area contributed by atoms with Crippen LogP contribution in [0.5, 0.6) is 11.5 Å². The van der Waals surface area contributed by atoms with E-state index in [-0.39, 0.29) is 45.8 Å². The van der Waals surface area contributed by atoms with E-state index in [0.717, 1.165) is 106 Å². The van der Waals surface area contributed by atoms with Gasteiger partial charge in [0.2, 0.25) is 0 Å². The number of hydrogen-bond donors (Lipinski definition) is 4. The van der Waals surface area contributed by atoms with Crippen LogP contribution in [-0.2, 0) is 10.0 Å². The zero-order chi connectivity index (χ0) is 46.0. The number of aromatic amines is 1. The van der Waals surface area contributed by atoms with Gasteiger partial charge in [-0.2, -0.15) is 0 Å². The van der Waals surface area contributed by atoms with Crippen molar-refractivity contribution in [3.63, 3.8) is 0 Å².